The molecule has 2 aliphatic carbocycles. The average molecular weight is 248 g/mol. The van der Waals surface area contributed by atoms with Crippen molar-refractivity contribution in [2.45, 2.75) is 61.4 Å². The number of nitrogens with one attached hydrogen (secondary N) is 1. The highest BCUT2D eigenvalue weighted by Crippen LogP contribution is 2.33. The lowest BCUT2D eigenvalue weighted by Gasteiger charge is -2.08. The maximum absolute atomic E-state index is 4.56. The summed E-state index contributed by atoms with van der Waals surface area (Å²) < 4.78 is 0. The van der Waals surface area contributed by atoms with Gasteiger partial charge in [0, 0.05) is 24.0 Å². The number of pyridine rings is 1. The van der Waals surface area contributed by atoms with Crippen molar-refractivity contribution < 1.29 is 0 Å². The van der Waals surface area contributed by atoms with Gasteiger partial charge in [0.1, 0.15) is 0 Å². The van der Waals surface area contributed by atoms with Gasteiger partial charge in [-0.1, -0.05) is 18.9 Å². The minimum absolute atomic E-state index is 0.780. The van der Waals surface area contributed by atoms with Crippen LogP contribution in [-0.2, 0) is 6.54 Å². The van der Waals surface area contributed by atoms with Crippen LogP contribution in [0, 0.1) is 0 Å². The second kappa shape index (κ2) is 5.40. The zero-order valence-corrected chi connectivity index (χ0v) is 11.0. The van der Waals surface area contributed by atoms with Gasteiger partial charge in [-0.05, 0) is 37.3 Å². The molecule has 0 spiro atoms. The van der Waals surface area contributed by atoms with Crippen LogP contribution in [0.15, 0.2) is 23.4 Å². The van der Waals surface area contributed by atoms with Crippen LogP contribution in [-0.4, -0.2) is 16.3 Å². The van der Waals surface area contributed by atoms with Gasteiger partial charge in [-0.25, -0.2) is 4.98 Å². The summed E-state index contributed by atoms with van der Waals surface area (Å²) in [5, 5.41) is 5.54. The van der Waals surface area contributed by atoms with Gasteiger partial charge in [-0.15, -0.1) is 11.8 Å². The number of nitrogens with zero attached hydrogens (tertiary/aromatic N) is 1. The molecule has 2 saturated carbocycles. The number of rotatable bonds is 5. The third-order valence-electron chi connectivity index (χ3n) is 3.56. The van der Waals surface area contributed by atoms with Gasteiger partial charge in [0.15, 0.2) is 0 Å². The van der Waals surface area contributed by atoms with E-state index in [1.165, 1.54) is 49.1 Å². The van der Waals surface area contributed by atoms with Crippen molar-refractivity contribution in [1.29, 1.82) is 0 Å². The molecule has 3 rings (SSSR count). The summed E-state index contributed by atoms with van der Waals surface area (Å²) in [6.45, 7) is 0.978. The van der Waals surface area contributed by atoms with E-state index in [1.54, 1.807) is 0 Å². The number of aromatic nitrogens is 1. The smallest absolute Gasteiger partial charge is 0.0962 e. The molecular weight excluding hydrogens is 228 g/mol. The molecule has 1 aromatic rings. The first kappa shape index (κ1) is 11.5. The topological polar surface area (TPSA) is 24.9 Å². The van der Waals surface area contributed by atoms with Crippen molar-refractivity contribution in [3.05, 3.63) is 23.9 Å². The van der Waals surface area contributed by atoms with E-state index in [2.05, 4.69) is 22.4 Å². The summed E-state index contributed by atoms with van der Waals surface area (Å²) in [4.78, 5) is 4.56. The molecule has 2 aliphatic rings. The number of hydrogen-bond acceptors (Lipinski definition) is 3. The first-order valence-electron chi connectivity index (χ1n) is 6.75. The van der Waals surface area contributed by atoms with Crippen LogP contribution < -0.4 is 5.32 Å². The molecule has 0 saturated heterocycles. The van der Waals surface area contributed by atoms with Crippen molar-refractivity contribution in [2.24, 2.45) is 0 Å². The van der Waals surface area contributed by atoms with E-state index >= 15 is 0 Å². The first-order valence-corrected chi connectivity index (χ1v) is 7.63. The summed E-state index contributed by atoms with van der Waals surface area (Å²) >= 11 is 1.97. The fourth-order valence-corrected chi connectivity index (χ4v) is 3.48. The summed E-state index contributed by atoms with van der Waals surface area (Å²) in [5.41, 5.74) is 1.31. The molecule has 3 heteroatoms. The molecular formula is C14H20N2S. The van der Waals surface area contributed by atoms with Gasteiger partial charge >= 0.3 is 0 Å². The molecule has 0 aliphatic heterocycles. The van der Waals surface area contributed by atoms with E-state index in [-0.39, 0.29) is 0 Å². The molecule has 0 bridgehead atoms. The van der Waals surface area contributed by atoms with E-state index < -0.39 is 0 Å². The molecule has 92 valence electrons. The largest absolute Gasteiger partial charge is 0.310 e. The van der Waals surface area contributed by atoms with Crippen LogP contribution in [0.25, 0.3) is 0 Å². The zero-order chi connectivity index (χ0) is 11.5. The minimum Gasteiger partial charge on any atom is -0.310 e. The molecule has 0 unspecified atom stereocenters. The van der Waals surface area contributed by atoms with E-state index in [9.17, 15) is 0 Å². The maximum Gasteiger partial charge on any atom is 0.0962 e. The second-order valence-electron chi connectivity index (χ2n) is 5.18. The highest BCUT2D eigenvalue weighted by atomic mass is 32.2. The Morgan fingerprint density at radius 1 is 1.18 bits per heavy atom. The zero-order valence-electron chi connectivity index (χ0n) is 10.2. The Morgan fingerprint density at radius 3 is 2.65 bits per heavy atom. The first-order chi connectivity index (χ1) is 8.40. The van der Waals surface area contributed by atoms with Gasteiger partial charge in [0.2, 0.25) is 0 Å². The summed E-state index contributed by atoms with van der Waals surface area (Å²) in [5.74, 6) is 0. The summed E-state index contributed by atoms with van der Waals surface area (Å²) in [7, 11) is 0. The van der Waals surface area contributed by atoms with Crippen LogP contribution in [0.1, 0.15) is 44.1 Å². The lowest BCUT2D eigenvalue weighted by Crippen LogP contribution is -2.15. The Balaban J connectivity index is 1.51. The van der Waals surface area contributed by atoms with E-state index in [0.717, 1.165) is 17.8 Å². The lowest BCUT2D eigenvalue weighted by molar-refractivity contribution is 0.684. The van der Waals surface area contributed by atoms with Crippen LogP contribution in [0.4, 0.5) is 0 Å². The Bertz CT molecular complexity index is 353. The lowest BCUT2D eigenvalue weighted by atomic mass is 10.3. The molecule has 0 radical (unpaired) electrons. The van der Waals surface area contributed by atoms with Gasteiger partial charge in [0.25, 0.3) is 0 Å². The van der Waals surface area contributed by atoms with Gasteiger partial charge in [-0.2, -0.15) is 0 Å². The Labute approximate surface area is 108 Å². The quantitative estimate of drug-likeness (QED) is 0.865. The molecule has 0 aromatic carbocycles. The van der Waals surface area contributed by atoms with Gasteiger partial charge in [0.05, 0.1) is 5.03 Å². The van der Waals surface area contributed by atoms with Crippen LogP contribution in [0.5, 0.6) is 0 Å². The van der Waals surface area contributed by atoms with Crippen molar-refractivity contribution >= 4 is 11.8 Å². The highest BCUT2D eigenvalue weighted by molar-refractivity contribution is 7.99. The van der Waals surface area contributed by atoms with E-state index in [0.29, 0.717) is 0 Å². The second-order valence-corrected chi connectivity index (χ2v) is 6.50. The monoisotopic (exact) mass is 248 g/mol. The number of thioether (sulfide) groups is 1. The van der Waals surface area contributed by atoms with Crippen LogP contribution in [0.3, 0.4) is 0 Å². The molecule has 17 heavy (non-hydrogen) atoms. The van der Waals surface area contributed by atoms with Crippen molar-refractivity contribution in [3.63, 3.8) is 0 Å². The molecule has 0 amide bonds. The van der Waals surface area contributed by atoms with Crippen molar-refractivity contribution in [3.8, 4) is 0 Å². The molecule has 2 fully saturated rings. The Kier molecular flexibility index (Phi) is 3.67. The van der Waals surface area contributed by atoms with Gasteiger partial charge < -0.3 is 5.32 Å². The highest BCUT2D eigenvalue weighted by Gasteiger charge is 2.20. The van der Waals surface area contributed by atoms with Crippen LogP contribution in [0.2, 0.25) is 0 Å². The van der Waals surface area contributed by atoms with E-state index in [4.69, 9.17) is 0 Å². The standard InChI is InChI=1S/C14H20N2S/c1-2-4-13(3-1)17-14-8-5-11(10-16-14)9-15-12-6-7-12/h5,8,10,12-13,15H,1-4,6-7,9H2. The Hall–Kier alpha value is -0.540. The fourth-order valence-electron chi connectivity index (χ4n) is 2.31. The van der Waals surface area contributed by atoms with E-state index in [1.807, 2.05) is 18.0 Å². The molecule has 2 nitrogen and oxygen atoms in total. The maximum atomic E-state index is 4.56. The van der Waals surface area contributed by atoms with Gasteiger partial charge in [-0.3, -0.25) is 0 Å². The fraction of sp³-hybridized carbons (Fsp3) is 0.643. The number of hydrogen-bond donors (Lipinski definition) is 1. The third-order valence-corrected chi connectivity index (χ3v) is 4.85. The van der Waals surface area contributed by atoms with Crippen molar-refractivity contribution in [1.82, 2.24) is 10.3 Å². The predicted octanol–water partition coefficient (Wildman–Crippen LogP) is 3.37. The molecule has 1 heterocycles. The third kappa shape index (κ3) is 3.46. The molecule has 1 aromatic heterocycles. The SMILES string of the molecule is c1cc(SC2CCCC2)ncc1CNC1CC1. The van der Waals surface area contributed by atoms with Crippen LogP contribution >= 0.6 is 11.8 Å². The normalized spacial score (nSPS) is 20.9. The molecule has 1 N–H and O–H groups in total. The minimum atomic E-state index is 0.780. The predicted molar refractivity (Wildman–Crippen MR) is 72.2 cm³/mol. The summed E-state index contributed by atoms with van der Waals surface area (Å²) in [6.07, 6.45) is 10.3. The van der Waals surface area contributed by atoms with Crippen molar-refractivity contribution in [2.75, 3.05) is 0 Å². The Morgan fingerprint density at radius 2 is 2.00 bits per heavy atom. The average Bonchev–Trinajstić information content (AvgIpc) is 3.05. The summed E-state index contributed by atoms with van der Waals surface area (Å²) in [6, 6.07) is 5.19. The molecule has 0 atom stereocenters.